The van der Waals surface area contributed by atoms with Gasteiger partial charge in [0.05, 0.1) is 12.1 Å². The van der Waals surface area contributed by atoms with Crippen LogP contribution >= 0.6 is 15.9 Å². The predicted molar refractivity (Wildman–Crippen MR) is 78.6 cm³/mol. The molecule has 2 nitrogen and oxygen atoms in total. The van der Waals surface area contributed by atoms with Crippen molar-refractivity contribution in [2.24, 2.45) is 0 Å². The number of rotatable bonds is 4. The Hall–Kier alpha value is -1.46. The van der Waals surface area contributed by atoms with E-state index in [4.69, 9.17) is 0 Å². The normalized spacial score (nSPS) is 13.8. The lowest BCUT2D eigenvalue weighted by Gasteiger charge is -2.31. The minimum Gasteiger partial charge on any atom is -0.394 e. The molecule has 0 heterocycles. The summed E-state index contributed by atoms with van der Waals surface area (Å²) in [5.74, 6) is -0.736. The molecule has 2 aromatic carbocycles. The summed E-state index contributed by atoms with van der Waals surface area (Å²) in [6.45, 7) is 1.53. The van der Waals surface area contributed by atoms with Gasteiger partial charge >= 0.3 is 0 Å². The van der Waals surface area contributed by atoms with Crippen LogP contribution in [0.3, 0.4) is 0 Å². The van der Waals surface area contributed by atoms with Gasteiger partial charge in [0.2, 0.25) is 0 Å². The lowest BCUT2D eigenvalue weighted by molar-refractivity contribution is 0.223. The molecule has 106 valence electrons. The third kappa shape index (κ3) is 3.16. The molecule has 0 fully saturated rings. The maximum atomic E-state index is 13.2. The number of benzene rings is 2. The third-order valence-electron chi connectivity index (χ3n) is 3.09. The van der Waals surface area contributed by atoms with Crippen LogP contribution in [0.1, 0.15) is 12.5 Å². The van der Waals surface area contributed by atoms with Crippen LogP contribution in [0.15, 0.2) is 46.9 Å². The van der Waals surface area contributed by atoms with Gasteiger partial charge in [-0.25, -0.2) is 8.78 Å². The summed E-state index contributed by atoms with van der Waals surface area (Å²) < 4.78 is 26.9. The van der Waals surface area contributed by atoms with Crippen molar-refractivity contribution in [2.75, 3.05) is 11.9 Å². The SMILES string of the molecule is CC(CO)(Nc1cccc(F)c1)c1ccc(F)cc1Br. The van der Waals surface area contributed by atoms with Crippen molar-refractivity contribution >= 4 is 21.6 Å². The molecule has 0 saturated carbocycles. The van der Waals surface area contributed by atoms with E-state index >= 15 is 0 Å². The Labute approximate surface area is 124 Å². The van der Waals surface area contributed by atoms with E-state index in [9.17, 15) is 13.9 Å². The van der Waals surface area contributed by atoms with Gasteiger partial charge in [0.1, 0.15) is 11.6 Å². The van der Waals surface area contributed by atoms with Gasteiger partial charge in [-0.3, -0.25) is 0 Å². The lowest BCUT2D eigenvalue weighted by atomic mass is 9.92. The van der Waals surface area contributed by atoms with Gasteiger partial charge in [0, 0.05) is 10.2 Å². The second-order valence-electron chi connectivity index (χ2n) is 4.75. The van der Waals surface area contributed by atoms with Crippen molar-refractivity contribution in [3.63, 3.8) is 0 Å². The second kappa shape index (κ2) is 5.89. The second-order valence-corrected chi connectivity index (χ2v) is 5.60. The molecule has 1 atom stereocenters. The molecule has 0 amide bonds. The Morgan fingerprint density at radius 3 is 2.45 bits per heavy atom. The Morgan fingerprint density at radius 1 is 1.15 bits per heavy atom. The van der Waals surface area contributed by atoms with Gasteiger partial charge in [-0.2, -0.15) is 0 Å². The summed E-state index contributed by atoms with van der Waals surface area (Å²) >= 11 is 3.29. The average molecular weight is 342 g/mol. The summed E-state index contributed by atoms with van der Waals surface area (Å²) in [5.41, 5.74) is 0.365. The first-order chi connectivity index (χ1) is 9.44. The summed E-state index contributed by atoms with van der Waals surface area (Å²) in [4.78, 5) is 0. The van der Waals surface area contributed by atoms with Crippen LogP contribution < -0.4 is 5.32 Å². The van der Waals surface area contributed by atoms with Crippen molar-refractivity contribution in [2.45, 2.75) is 12.5 Å². The topological polar surface area (TPSA) is 32.3 Å². The summed E-state index contributed by atoms with van der Waals surface area (Å²) in [6, 6.07) is 10.2. The first kappa shape index (κ1) is 14.9. The van der Waals surface area contributed by atoms with Crippen molar-refractivity contribution in [3.8, 4) is 0 Å². The first-order valence-corrected chi connectivity index (χ1v) is 6.84. The van der Waals surface area contributed by atoms with Crippen LogP contribution in [0.4, 0.5) is 14.5 Å². The number of anilines is 1. The molecule has 20 heavy (non-hydrogen) atoms. The molecule has 5 heteroatoms. The molecule has 2 N–H and O–H groups in total. The molecule has 0 saturated heterocycles. The molecular formula is C15H14BrF2NO. The predicted octanol–water partition coefficient (Wildman–Crippen LogP) is 4.05. The maximum Gasteiger partial charge on any atom is 0.125 e. The molecule has 0 spiro atoms. The average Bonchev–Trinajstić information content (AvgIpc) is 2.38. The fraction of sp³-hybridized carbons (Fsp3) is 0.200. The van der Waals surface area contributed by atoms with Crippen LogP contribution in [-0.4, -0.2) is 11.7 Å². The highest BCUT2D eigenvalue weighted by Gasteiger charge is 2.28. The van der Waals surface area contributed by atoms with Gasteiger partial charge in [-0.1, -0.05) is 28.1 Å². The fourth-order valence-corrected chi connectivity index (χ4v) is 2.80. The largest absolute Gasteiger partial charge is 0.394 e. The van der Waals surface area contributed by atoms with Gasteiger partial charge < -0.3 is 10.4 Å². The zero-order chi connectivity index (χ0) is 14.8. The summed E-state index contributed by atoms with van der Waals surface area (Å²) in [7, 11) is 0. The number of halogens is 3. The zero-order valence-electron chi connectivity index (χ0n) is 10.8. The van der Waals surface area contributed by atoms with Gasteiger partial charge in [-0.05, 0) is 42.8 Å². The lowest BCUT2D eigenvalue weighted by Crippen LogP contribution is -2.36. The number of hydrogen-bond donors (Lipinski definition) is 2. The minimum absolute atomic E-state index is 0.228. The van der Waals surface area contributed by atoms with Crippen molar-refractivity contribution in [3.05, 3.63) is 64.1 Å². The van der Waals surface area contributed by atoms with E-state index in [1.54, 1.807) is 25.1 Å². The molecule has 0 bridgehead atoms. The Morgan fingerprint density at radius 2 is 1.85 bits per heavy atom. The molecule has 2 aromatic rings. The standard InChI is InChI=1S/C15H14BrF2NO/c1-15(9-20,13-6-5-11(18)8-14(13)16)19-12-4-2-3-10(17)7-12/h2-8,19-20H,9H2,1H3. The highest BCUT2D eigenvalue weighted by Crippen LogP contribution is 2.32. The van der Waals surface area contributed by atoms with Gasteiger partial charge in [-0.15, -0.1) is 0 Å². The highest BCUT2D eigenvalue weighted by molar-refractivity contribution is 9.10. The molecule has 0 aromatic heterocycles. The Balaban J connectivity index is 2.38. The number of aliphatic hydroxyl groups is 1. The maximum absolute atomic E-state index is 13.2. The van der Waals surface area contributed by atoms with E-state index in [0.29, 0.717) is 15.7 Å². The molecule has 1 unspecified atom stereocenters. The van der Waals surface area contributed by atoms with E-state index in [2.05, 4.69) is 21.2 Å². The van der Waals surface area contributed by atoms with E-state index in [1.165, 1.54) is 24.3 Å². The van der Waals surface area contributed by atoms with E-state index in [0.717, 1.165) is 0 Å². The number of aliphatic hydroxyl groups excluding tert-OH is 1. The van der Waals surface area contributed by atoms with E-state index in [1.807, 2.05) is 0 Å². The van der Waals surface area contributed by atoms with Crippen LogP contribution in [-0.2, 0) is 5.54 Å². The summed E-state index contributed by atoms with van der Waals surface area (Å²) in [5, 5.41) is 12.8. The molecule has 0 radical (unpaired) electrons. The van der Waals surface area contributed by atoms with Crippen LogP contribution in [0.5, 0.6) is 0 Å². The third-order valence-corrected chi connectivity index (χ3v) is 3.74. The molecule has 0 aliphatic heterocycles. The Bertz CT molecular complexity index is 621. The number of nitrogens with one attached hydrogen (secondary N) is 1. The molecule has 2 rings (SSSR count). The van der Waals surface area contributed by atoms with Crippen LogP contribution in [0.25, 0.3) is 0 Å². The summed E-state index contributed by atoms with van der Waals surface area (Å²) in [6.07, 6.45) is 0. The van der Waals surface area contributed by atoms with Crippen molar-refractivity contribution < 1.29 is 13.9 Å². The smallest absolute Gasteiger partial charge is 0.125 e. The molecule has 0 aliphatic carbocycles. The van der Waals surface area contributed by atoms with Crippen LogP contribution in [0.2, 0.25) is 0 Å². The quantitative estimate of drug-likeness (QED) is 0.879. The molecular weight excluding hydrogens is 328 g/mol. The van der Waals surface area contributed by atoms with Crippen molar-refractivity contribution in [1.82, 2.24) is 0 Å². The number of hydrogen-bond acceptors (Lipinski definition) is 2. The van der Waals surface area contributed by atoms with Gasteiger partial charge in [0.15, 0.2) is 0 Å². The van der Waals surface area contributed by atoms with Gasteiger partial charge in [0.25, 0.3) is 0 Å². The highest BCUT2D eigenvalue weighted by atomic mass is 79.9. The van der Waals surface area contributed by atoms with Crippen LogP contribution in [0, 0.1) is 11.6 Å². The monoisotopic (exact) mass is 341 g/mol. The molecule has 0 aliphatic rings. The van der Waals surface area contributed by atoms with E-state index in [-0.39, 0.29) is 18.2 Å². The van der Waals surface area contributed by atoms with E-state index < -0.39 is 5.54 Å². The fourth-order valence-electron chi connectivity index (χ4n) is 2.01. The Kier molecular flexibility index (Phi) is 4.40. The zero-order valence-corrected chi connectivity index (χ0v) is 12.4. The minimum atomic E-state index is -0.861. The van der Waals surface area contributed by atoms with Crippen molar-refractivity contribution in [1.29, 1.82) is 0 Å². The first-order valence-electron chi connectivity index (χ1n) is 6.05.